The second-order valence-electron chi connectivity index (χ2n) is 5.75. The Hall–Kier alpha value is -3.56. The Morgan fingerprint density at radius 3 is 2.08 bits per heavy atom. The summed E-state index contributed by atoms with van der Waals surface area (Å²) in [7, 11) is 0. The van der Waals surface area contributed by atoms with Gasteiger partial charge in [0.25, 0.3) is 0 Å². The number of para-hydroxylation sites is 2. The van der Waals surface area contributed by atoms with Crippen LogP contribution in [0.2, 0.25) is 0 Å². The standard InChI is InChI=1S/C21H13N3/c1-14-11-18(23-2)15(13-22)12-21(14)24-19-9-5-3-7-16(19)17-8-4-6-10-20(17)24/h3-12H,1H3. The maximum atomic E-state index is 9.39. The van der Waals surface area contributed by atoms with Crippen LogP contribution in [0.3, 0.4) is 0 Å². The normalized spacial score (nSPS) is 10.6. The van der Waals surface area contributed by atoms with E-state index in [9.17, 15) is 5.26 Å². The van der Waals surface area contributed by atoms with Crippen molar-refractivity contribution in [3.05, 3.63) is 83.2 Å². The van der Waals surface area contributed by atoms with Gasteiger partial charge in [0.1, 0.15) is 0 Å². The molecular formula is C21H13N3. The van der Waals surface area contributed by atoms with Crippen molar-refractivity contribution >= 4 is 27.5 Å². The van der Waals surface area contributed by atoms with Gasteiger partial charge in [-0.2, -0.15) is 5.26 Å². The molecule has 4 rings (SSSR count). The van der Waals surface area contributed by atoms with Crippen LogP contribution in [0.5, 0.6) is 0 Å². The highest BCUT2D eigenvalue weighted by atomic mass is 15.0. The first-order valence-electron chi connectivity index (χ1n) is 7.65. The molecule has 0 N–H and O–H groups in total. The van der Waals surface area contributed by atoms with Crippen molar-refractivity contribution in [2.75, 3.05) is 0 Å². The van der Waals surface area contributed by atoms with Crippen LogP contribution in [0.1, 0.15) is 11.1 Å². The van der Waals surface area contributed by atoms with Crippen LogP contribution >= 0.6 is 0 Å². The van der Waals surface area contributed by atoms with E-state index in [-0.39, 0.29) is 0 Å². The summed E-state index contributed by atoms with van der Waals surface area (Å²) in [4.78, 5) is 3.47. The van der Waals surface area contributed by atoms with E-state index in [1.54, 1.807) is 6.07 Å². The molecule has 0 bridgehead atoms. The van der Waals surface area contributed by atoms with E-state index in [4.69, 9.17) is 6.57 Å². The van der Waals surface area contributed by atoms with Crippen LogP contribution in [-0.4, -0.2) is 4.57 Å². The highest BCUT2D eigenvalue weighted by Gasteiger charge is 2.15. The van der Waals surface area contributed by atoms with E-state index < -0.39 is 0 Å². The van der Waals surface area contributed by atoms with Crippen molar-refractivity contribution < 1.29 is 0 Å². The van der Waals surface area contributed by atoms with Gasteiger partial charge in [0.2, 0.25) is 5.69 Å². The minimum Gasteiger partial charge on any atom is -0.309 e. The zero-order valence-corrected chi connectivity index (χ0v) is 13.1. The largest absolute Gasteiger partial charge is 0.309 e. The van der Waals surface area contributed by atoms with E-state index in [1.165, 1.54) is 10.8 Å². The van der Waals surface area contributed by atoms with Gasteiger partial charge in [0.05, 0.1) is 29.2 Å². The van der Waals surface area contributed by atoms with Crippen LogP contribution in [0.15, 0.2) is 60.7 Å². The van der Waals surface area contributed by atoms with Crippen molar-refractivity contribution in [2.45, 2.75) is 6.92 Å². The number of aryl methyl sites for hydroxylation is 1. The first-order chi connectivity index (χ1) is 11.7. The van der Waals surface area contributed by atoms with E-state index >= 15 is 0 Å². The van der Waals surface area contributed by atoms with Crippen molar-refractivity contribution in [3.8, 4) is 11.8 Å². The molecule has 0 saturated heterocycles. The van der Waals surface area contributed by atoms with Crippen molar-refractivity contribution in [3.63, 3.8) is 0 Å². The summed E-state index contributed by atoms with van der Waals surface area (Å²) < 4.78 is 2.18. The number of hydrogen-bond acceptors (Lipinski definition) is 1. The maximum Gasteiger partial charge on any atom is 0.205 e. The average Bonchev–Trinajstić information content (AvgIpc) is 2.96. The number of fused-ring (bicyclic) bond motifs is 3. The lowest BCUT2D eigenvalue weighted by atomic mass is 10.1. The fourth-order valence-corrected chi connectivity index (χ4v) is 3.29. The molecule has 0 fully saturated rings. The predicted molar refractivity (Wildman–Crippen MR) is 96.5 cm³/mol. The number of nitriles is 1. The van der Waals surface area contributed by atoms with Gasteiger partial charge in [0, 0.05) is 16.5 Å². The van der Waals surface area contributed by atoms with Gasteiger partial charge in [-0.1, -0.05) is 42.5 Å². The highest BCUT2D eigenvalue weighted by molar-refractivity contribution is 6.09. The van der Waals surface area contributed by atoms with Crippen molar-refractivity contribution in [1.29, 1.82) is 5.26 Å². The summed E-state index contributed by atoms with van der Waals surface area (Å²) in [6, 6.07) is 22.3. The van der Waals surface area contributed by atoms with Gasteiger partial charge in [0.15, 0.2) is 0 Å². The summed E-state index contributed by atoms with van der Waals surface area (Å²) in [6.07, 6.45) is 0. The molecular weight excluding hydrogens is 294 g/mol. The molecule has 0 aliphatic rings. The molecule has 3 heteroatoms. The zero-order chi connectivity index (χ0) is 16.7. The third kappa shape index (κ3) is 1.89. The monoisotopic (exact) mass is 307 g/mol. The summed E-state index contributed by atoms with van der Waals surface area (Å²) in [5, 5.41) is 11.7. The number of aromatic nitrogens is 1. The van der Waals surface area contributed by atoms with E-state index in [0.717, 1.165) is 22.3 Å². The fourth-order valence-electron chi connectivity index (χ4n) is 3.29. The Morgan fingerprint density at radius 1 is 0.958 bits per heavy atom. The smallest absolute Gasteiger partial charge is 0.205 e. The van der Waals surface area contributed by atoms with E-state index in [1.807, 2.05) is 37.3 Å². The maximum absolute atomic E-state index is 9.39. The molecule has 0 atom stereocenters. The molecule has 1 heterocycles. The summed E-state index contributed by atoms with van der Waals surface area (Å²) in [6.45, 7) is 9.24. The zero-order valence-electron chi connectivity index (χ0n) is 13.1. The van der Waals surface area contributed by atoms with Crippen LogP contribution in [0.4, 0.5) is 5.69 Å². The number of benzene rings is 3. The first-order valence-corrected chi connectivity index (χ1v) is 7.65. The van der Waals surface area contributed by atoms with Gasteiger partial charge in [-0.05, 0) is 30.7 Å². The molecule has 1 aromatic heterocycles. The molecule has 0 radical (unpaired) electrons. The van der Waals surface area contributed by atoms with Gasteiger partial charge >= 0.3 is 0 Å². The highest BCUT2D eigenvalue weighted by Crippen LogP contribution is 2.34. The molecule has 24 heavy (non-hydrogen) atoms. The predicted octanol–water partition coefficient (Wildman–Crippen LogP) is 5.51. The van der Waals surface area contributed by atoms with Crippen molar-refractivity contribution in [1.82, 2.24) is 4.57 Å². The molecule has 0 unspecified atom stereocenters. The lowest BCUT2D eigenvalue weighted by Gasteiger charge is -2.12. The summed E-state index contributed by atoms with van der Waals surface area (Å²) in [5.41, 5.74) is 4.93. The Bertz CT molecular complexity index is 1130. The number of nitrogens with zero attached hydrogens (tertiary/aromatic N) is 3. The molecule has 0 spiro atoms. The molecule has 3 aromatic carbocycles. The Balaban J connectivity index is 2.18. The van der Waals surface area contributed by atoms with Crippen molar-refractivity contribution in [2.24, 2.45) is 0 Å². The molecule has 0 amide bonds. The summed E-state index contributed by atoms with van der Waals surface area (Å²) in [5.74, 6) is 0. The van der Waals surface area contributed by atoms with Gasteiger partial charge in [-0.3, -0.25) is 0 Å². The minimum atomic E-state index is 0.402. The van der Waals surface area contributed by atoms with Gasteiger partial charge in [-0.25, -0.2) is 4.85 Å². The third-order valence-electron chi connectivity index (χ3n) is 4.38. The second kappa shape index (κ2) is 5.26. The number of hydrogen-bond donors (Lipinski definition) is 0. The topological polar surface area (TPSA) is 33.1 Å². The molecule has 3 nitrogen and oxygen atoms in total. The fraction of sp³-hybridized carbons (Fsp3) is 0.0476. The Labute approximate surface area is 139 Å². The van der Waals surface area contributed by atoms with Gasteiger partial charge < -0.3 is 4.57 Å². The first kappa shape index (κ1) is 14.1. The quantitative estimate of drug-likeness (QED) is 0.426. The summed E-state index contributed by atoms with van der Waals surface area (Å²) >= 11 is 0. The Morgan fingerprint density at radius 2 is 1.54 bits per heavy atom. The lowest BCUT2D eigenvalue weighted by molar-refractivity contribution is 1.15. The Kier molecular flexibility index (Phi) is 3.08. The lowest BCUT2D eigenvalue weighted by Crippen LogP contribution is -1.98. The SMILES string of the molecule is [C-]#[N+]c1cc(C)c(-n2c3ccccc3c3ccccc32)cc1C#N. The molecule has 4 aromatic rings. The molecule has 0 aliphatic carbocycles. The van der Waals surface area contributed by atoms with Crippen LogP contribution in [0, 0.1) is 24.8 Å². The molecule has 0 saturated carbocycles. The van der Waals surface area contributed by atoms with Crippen LogP contribution in [0.25, 0.3) is 32.3 Å². The minimum absolute atomic E-state index is 0.402. The van der Waals surface area contributed by atoms with Crippen LogP contribution in [-0.2, 0) is 0 Å². The van der Waals surface area contributed by atoms with Crippen LogP contribution < -0.4 is 0 Å². The second-order valence-corrected chi connectivity index (χ2v) is 5.75. The van der Waals surface area contributed by atoms with E-state index in [0.29, 0.717) is 11.3 Å². The number of rotatable bonds is 1. The van der Waals surface area contributed by atoms with E-state index in [2.05, 4.69) is 39.7 Å². The molecule has 112 valence electrons. The molecule has 0 aliphatic heterocycles. The average molecular weight is 307 g/mol. The third-order valence-corrected chi connectivity index (χ3v) is 4.38. The van der Waals surface area contributed by atoms with Gasteiger partial charge in [-0.15, -0.1) is 0 Å².